The summed E-state index contributed by atoms with van der Waals surface area (Å²) in [6.45, 7) is 5.20. The highest BCUT2D eigenvalue weighted by Gasteiger charge is 2.40. The highest BCUT2D eigenvalue weighted by molar-refractivity contribution is 5.23. The maximum Gasteiger partial charge on any atom is 0.0873 e. The van der Waals surface area contributed by atoms with Crippen LogP contribution in [-0.2, 0) is 4.74 Å². The predicted molar refractivity (Wildman–Crippen MR) is 78.2 cm³/mol. The molecule has 0 amide bonds. The molecular weight excluding hydrogens is 236 g/mol. The second kappa shape index (κ2) is 6.49. The van der Waals surface area contributed by atoms with Crippen molar-refractivity contribution >= 4 is 0 Å². The Morgan fingerprint density at radius 2 is 2.05 bits per heavy atom. The Hall–Kier alpha value is -0.930. The van der Waals surface area contributed by atoms with Gasteiger partial charge in [0.05, 0.1) is 11.6 Å². The number of nitrogens with one attached hydrogen (secondary N) is 1. The van der Waals surface area contributed by atoms with Crippen molar-refractivity contribution in [2.24, 2.45) is 0 Å². The van der Waals surface area contributed by atoms with Crippen LogP contribution < -0.4 is 5.32 Å². The van der Waals surface area contributed by atoms with E-state index in [1.54, 1.807) is 0 Å². The minimum Gasteiger partial charge on any atom is -0.376 e. The predicted octanol–water partition coefficient (Wildman–Crippen LogP) is 3.39. The van der Waals surface area contributed by atoms with Crippen LogP contribution in [0.25, 0.3) is 0 Å². The van der Waals surface area contributed by atoms with E-state index in [-0.39, 0.29) is 11.6 Å². The molecule has 1 aliphatic rings. The van der Waals surface area contributed by atoms with E-state index in [4.69, 9.17) is 4.74 Å². The van der Waals surface area contributed by atoms with E-state index in [0.29, 0.717) is 0 Å². The lowest BCUT2D eigenvalue weighted by Gasteiger charge is -2.43. The molecule has 106 valence electrons. The molecule has 1 unspecified atom stereocenters. The lowest BCUT2D eigenvalue weighted by atomic mass is 9.76. The Balaban J connectivity index is 2.32. The summed E-state index contributed by atoms with van der Waals surface area (Å²) < 4.78 is 6.00. The van der Waals surface area contributed by atoms with Gasteiger partial charge >= 0.3 is 0 Å². The number of hydrogen-bond acceptors (Lipinski definition) is 3. The molecule has 0 saturated heterocycles. The molecule has 1 aromatic heterocycles. The molecule has 0 spiro atoms. The van der Waals surface area contributed by atoms with E-state index in [2.05, 4.69) is 30.2 Å². The molecule has 3 nitrogen and oxygen atoms in total. The van der Waals surface area contributed by atoms with Gasteiger partial charge in [-0.1, -0.05) is 32.3 Å². The van der Waals surface area contributed by atoms with E-state index in [1.807, 2.05) is 19.5 Å². The first kappa shape index (κ1) is 14.5. The maximum absolute atomic E-state index is 6.00. The smallest absolute Gasteiger partial charge is 0.0873 e. The number of likely N-dealkylation sites (N-methyl/N-ethyl adjacent to an activating group) is 1. The SMILES string of the molecule is CCNC(c1cncc(C)c1)C1(OC)CCCCC1. The van der Waals surface area contributed by atoms with Crippen molar-refractivity contribution in [1.82, 2.24) is 10.3 Å². The first-order valence-electron chi connectivity index (χ1n) is 7.42. The minimum atomic E-state index is -0.0657. The number of methoxy groups -OCH3 is 1. The Morgan fingerprint density at radius 3 is 2.63 bits per heavy atom. The Bertz CT molecular complexity index is 399. The molecule has 2 rings (SSSR count). The van der Waals surface area contributed by atoms with Gasteiger partial charge in [0.25, 0.3) is 0 Å². The number of hydrogen-bond donors (Lipinski definition) is 1. The third-order valence-electron chi connectivity index (χ3n) is 4.27. The lowest BCUT2D eigenvalue weighted by Crippen LogP contribution is -2.47. The van der Waals surface area contributed by atoms with Crippen LogP contribution in [0.1, 0.15) is 56.2 Å². The normalized spacial score (nSPS) is 20.2. The average Bonchev–Trinajstić information content (AvgIpc) is 2.45. The summed E-state index contributed by atoms with van der Waals surface area (Å²) in [5.41, 5.74) is 2.40. The van der Waals surface area contributed by atoms with Crippen LogP contribution in [0.4, 0.5) is 0 Å². The summed E-state index contributed by atoms with van der Waals surface area (Å²) in [6.07, 6.45) is 10.0. The fourth-order valence-electron chi connectivity index (χ4n) is 3.31. The number of aryl methyl sites for hydroxylation is 1. The van der Waals surface area contributed by atoms with Crippen LogP contribution >= 0.6 is 0 Å². The van der Waals surface area contributed by atoms with Crippen LogP contribution in [0.5, 0.6) is 0 Å². The van der Waals surface area contributed by atoms with Crippen molar-refractivity contribution in [3.8, 4) is 0 Å². The van der Waals surface area contributed by atoms with Crippen molar-refractivity contribution in [1.29, 1.82) is 0 Å². The maximum atomic E-state index is 6.00. The lowest BCUT2D eigenvalue weighted by molar-refractivity contribution is -0.0685. The summed E-state index contributed by atoms with van der Waals surface area (Å²) in [7, 11) is 1.86. The summed E-state index contributed by atoms with van der Waals surface area (Å²) in [5, 5.41) is 3.62. The Labute approximate surface area is 116 Å². The highest BCUT2D eigenvalue weighted by atomic mass is 16.5. The summed E-state index contributed by atoms with van der Waals surface area (Å²) >= 11 is 0. The van der Waals surface area contributed by atoms with Crippen LogP contribution in [0.3, 0.4) is 0 Å². The van der Waals surface area contributed by atoms with E-state index in [1.165, 1.54) is 30.4 Å². The Morgan fingerprint density at radius 1 is 1.32 bits per heavy atom. The number of aromatic nitrogens is 1. The van der Waals surface area contributed by atoms with Crippen LogP contribution in [0.15, 0.2) is 18.5 Å². The molecule has 1 aliphatic carbocycles. The second-order valence-electron chi connectivity index (χ2n) is 5.62. The van der Waals surface area contributed by atoms with Gasteiger partial charge in [0, 0.05) is 19.5 Å². The fraction of sp³-hybridized carbons (Fsp3) is 0.688. The quantitative estimate of drug-likeness (QED) is 0.883. The number of pyridine rings is 1. The Kier molecular flexibility index (Phi) is 4.94. The van der Waals surface area contributed by atoms with Crippen LogP contribution in [0.2, 0.25) is 0 Å². The van der Waals surface area contributed by atoms with Crippen molar-refractivity contribution in [3.63, 3.8) is 0 Å². The standard InChI is InChI=1S/C16H26N2O/c1-4-18-15(14-10-13(2)11-17-12-14)16(19-3)8-6-5-7-9-16/h10-12,15,18H,4-9H2,1-3H3. The van der Waals surface area contributed by atoms with Gasteiger partial charge in [0.2, 0.25) is 0 Å². The average molecular weight is 262 g/mol. The fourth-order valence-corrected chi connectivity index (χ4v) is 3.31. The molecule has 0 radical (unpaired) electrons. The van der Waals surface area contributed by atoms with Crippen molar-refractivity contribution in [3.05, 3.63) is 29.6 Å². The van der Waals surface area contributed by atoms with E-state index >= 15 is 0 Å². The molecule has 1 atom stereocenters. The molecule has 1 N–H and O–H groups in total. The van der Waals surface area contributed by atoms with Crippen LogP contribution in [0, 0.1) is 6.92 Å². The molecule has 3 heteroatoms. The first-order chi connectivity index (χ1) is 9.22. The monoisotopic (exact) mass is 262 g/mol. The molecule has 1 heterocycles. The molecule has 0 bridgehead atoms. The zero-order chi connectivity index (χ0) is 13.7. The van der Waals surface area contributed by atoms with Gasteiger partial charge in [-0.3, -0.25) is 4.98 Å². The molecular formula is C16H26N2O. The third-order valence-corrected chi connectivity index (χ3v) is 4.27. The zero-order valence-electron chi connectivity index (χ0n) is 12.4. The number of nitrogens with zero attached hydrogens (tertiary/aromatic N) is 1. The molecule has 1 aromatic rings. The van der Waals surface area contributed by atoms with Gasteiger partial charge in [-0.15, -0.1) is 0 Å². The van der Waals surface area contributed by atoms with Gasteiger partial charge in [0.15, 0.2) is 0 Å². The summed E-state index contributed by atoms with van der Waals surface area (Å²) in [4.78, 5) is 4.35. The molecule has 1 saturated carbocycles. The molecule has 0 aliphatic heterocycles. The topological polar surface area (TPSA) is 34.2 Å². The summed E-state index contributed by atoms with van der Waals surface area (Å²) in [5.74, 6) is 0. The third kappa shape index (κ3) is 3.15. The van der Waals surface area contributed by atoms with E-state index < -0.39 is 0 Å². The second-order valence-corrected chi connectivity index (χ2v) is 5.62. The molecule has 1 fully saturated rings. The van der Waals surface area contributed by atoms with Gasteiger partial charge in [-0.05, 0) is 37.4 Å². The van der Waals surface area contributed by atoms with Crippen molar-refractivity contribution < 1.29 is 4.74 Å². The van der Waals surface area contributed by atoms with Crippen LogP contribution in [-0.4, -0.2) is 24.2 Å². The molecule has 19 heavy (non-hydrogen) atoms. The van der Waals surface area contributed by atoms with E-state index in [0.717, 1.165) is 19.4 Å². The number of rotatable bonds is 5. The first-order valence-corrected chi connectivity index (χ1v) is 7.42. The summed E-state index contributed by atoms with van der Waals surface area (Å²) in [6, 6.07) is 2.48. The van der Waals surface area contributed by atoms with Gasteiger partial charge < -0.3 is 10.1 Å². The minimum absolute atomic E-state index is 0.0657. The zero-order valence-corrected chi connectivity index (χ0v) is 12.4. The van der Waals surface area contributed by atoms with Gasteiger partial charge in [0.1, 0.15) is 0 Å². The highest BCUT2D eigenvalue weighted by Crippen LogP contribution is 2.41. The molecule has 0 aromatic carbocycles. The van der Waals surface area contributed by atoms with Gasteiger partial charge in [-0.2, -0.15) is 0 Å². The van der Waals surface area contributed by atoms with Gasteiger partial charge in [-0.25, -0.2) is 0 Å². The largest absolute Gasteiger partial charge is 0.376 e. The van der Waals surface area contributed by atoms with E-state index in [9.17, 15) is 0 Å². The number of ether oxygens (including phenoxy) is 1. The van der Waals surface area contributed by atoms with Crippen molar-refractivity contribution in [2.45, 2.75) is 57.6 Å². The van der Waals surface area contributed by atoms with Crippen molar-refractivity contribution in [2.75, 3.05) is 13.7 Å².